The molecule has 2 atom stereocenters. The van der Waals surface area contributed by atoms with Crippen LogP contribution >= 0.6 is 0 Å². The van der Waals surface area contributed by atoms with Gasteiger partial charge in [-0.15, -0.1) is 0 Å². The minimum atomic E-state index is -0.661. The quantitative estimate of drug-likeness (QED) is 0.122. The summed E-state index contributed by atoms with van der Waals surface area (Å²) in [6, 6.07) is 101. The number of hydrogen-bond donors (Lipinski definition) is 0. The first-order valence-electron chi connectivity index (χ1n) is 29.4. The second-order valence-corrected chi connectivity index (χ2v) is 22.7. The maximum atomic E-state index is 15.0. The maximum Gasteiger partial charge on any atom is 0.136 e. The Kier molecular flexibility index (Phi) is 12.0. The third kappa shape index (κ3) is 8.00. The Morgan fingerprint density at radius 2 is 0.690 bits per heavy atom. The third-order valence-corrected chi connectivity index (χ3v) is 18.2. The Bertz CT molecular complexity index is 5030. The number of furan rings is 1. The molecule has 2 aliphatic rings. The van der Waals surface area contributed by atoms with Crippen molar-refractivity contribution in [2.24, 2.45) is 0 Å². The molecule has 0 aliphatic heterocycles. The average molecular weight is 1120 g/mol. The predicted octanol–water partition coefficient (Wildman–Crippen LogP) is 22.0. The zero-order chi connectivity index (χ0) is 58.4. The molecule has 0 saturated heterocycles. The first-order valence-corrected chi connectivity index (χ1v) is 29.4. The van der Waals surface area contributed by atoms with Gasteiger partial charge in [0, 0.05) is 44.9 Å². The second kappa shape index (κ2) is 20.3. The molecule has 412 valence electrons. The molecule has 3 nitrogen and oxygen atoms in total. The third-order valence-electron chi connectivity index (χ3n) is 18.2. The maximum absolute atomic E-state index is 15.0. The fraction of sp³-hybridized carbons (Fsp3) is 0.0244. The van der Waals surface area contributed by atoms with Crippen molar-refractivity contribution in [3.63, 3.8) is 0 Å². The van der Waals surface area contributed by atoms with Gasteiger partial charge in [0.25, 0.3) is 0 Å². The molecular formula is C82H54F2N2O. The van der Waals surface area contributed by atoms with Gasteiger partial charge in [0.05, 0.1) is 10.8 Å². The summed E-state index contributed by atoms with van der Waals surface area (Å²) < 4.78 is 36.7. The summed E-state index contributed by atoms with van der Waals surface area (Å²) in [5.41, 5.74) is 21.5. The smallest absolute Gasteiger partial charge is 0.136 e. The van der Waals surface area contributed by atoms with Gasteiger partial charge in [0.15, 0.2) is 0 Å². The molecule has 0 saturated carbocycles. The first kappa shape index (κ1) is 51.5. The van der Waals surface area contributed by atoms with E-state index in [9.17, 15) is 4.39 Å². The van der Waals surface area contributed by atoms with Crippen LogP contribution in [0.15, 0.2) is 309 Å². The number of benzene rings is 13. The zero-order valence-corrected chi connectivity index (χ0v) is 47.3. The molecule has 0 fully saturated rings. The predicted molar refractivity (Wildman–Crippen MR) is 355 cm³/mol. The van der Waals surface area contributed by atoms with Crippen LogP contribution in [0.2, 0.25) is 0 Å². The van der Waals surface area contributed by atoms with Crippen LogP contribution < -0.4 is 9.80 Å². The van der Waals surface area contributed by atoms with E-state index in [0.29, 0.717) is 0 Å². The van der Waals surface area contributed by atoms with E-state index in [2.05, 4.69) is 260 Å². The van der Waals surface area contributed by atoms with Gasteiger partial charge in [-0.05, 0) is 204 Å². The van der Waals surface area contributed by atoms with Gasteiger partial charge in [-0.2, -0.15) is 0 Å². The molecule has 1 aromatic heterocycles. The lowest BCUT2D eigenvalue weighted by atomic mass is 9.67. The van der Waals surface area contributed by atoms with Gasteiger partial charge in [0.2, 0.25) is 0 Å². The van der Waals surface area contributed by atoms with Crippen LogP contribution in [-0.4, -0.2) is 0 Å². The highest BCUT2D eigenvalue weighted by Crippen LogP contribution is 2.59. The first-order chi connectivity index (χ1) is 42.8. The van der Waals surface area contributed by atoms with Crippen LogP contribution in [0.5, 0.6) is 0 Å². The second-order valence-electron chi connectivity index (χ2n) is 22.7. The number of hydrogen-bond acceptors (Lipinski definition) is 3. The summed E-state index contributed by atoms with van der Waals surface area (Å²) in [4.78, 5) is 4.45. The monoisotopic (exact) mass is 1120 g/mol. The van der Waals surface area contributed by atoms with E-state index in [1.165, 1.54) is 46.5 Å². The van der Waals surface area contributed by atoms with Crippen molar-refractivity contribution in [2.45, 2.75) is 10.8 Å². The molecule has 0 spiro atoms. The number of halogens is 2. The zero-order valence-electron chi connectivity index (χ0n) is 47.3. The lowest BCUT2D eigenvalue weighted by Gasteiger charge is -2.35. The molecule has 16 rings (SSSR count). The fourth-order valence-corrected chi connectivity index (χ4v) is 14.4. The van der Waals surface area contributed by atoms with Crippen molar-refractivity contribution in [1.82, 2.24) is 0 Å². The van der Waals surface area contributed by atoms with Gasteiger partial charge in [0.1, 0.15) is 22.8 Å². The molecule has 0 bridgehead atoms. The summed E-state index contributed by atoms with van der Waals surface area (Å²) in [5.74, 6) is -0.623. The van der Waals surface area contributed by atoms with Crippen molar-refractivity contribution in [1.29, 1.82) is 0 Å². The SMILES string of the molecule is C=Cc1ccc(C2(c3ccccc3)c3ccccc3-c3ccc(N(c4ccc(F)cc4)c4ccc5cc6oc7ccc(N(c8ccc(F)cc8)c8ccc9c(c8)C(c8ccccc8)(c8ccc(C=C)cc8)c8ccccc8-9)cc7c6cc5c4)cc32)cc1. The Morgan fingerprint density at radius 1 is 0.299 bits per heavy atom. The Hall–Kier alpha value is -11.1. The number of fused-ring (bicyclic) bond motifs is 10. The molecule has 13 aromatic carbocycles. The van der Waals surface area contributed by atoms with Crippen LogP contribution in [0.3, 0.4) is 0 Å². The van der Waals surface area contributed by atoms with Gasteiger partial charge in [-0.3, -0.25) is 0 Å². The van der Waals surface area contributed by atoms with Crippen molar-refractivity contribution in [3.05, 3.63) is 372 Å². The van der Waals surface area contributed by atoms with E-state index < -0.39 is 10.8 Å². The highest BCUT2D eigenvalue weighted by molar-refractivity contribution is 6.12. The summed E-state index contributed by atoms with van der Waals surface area (Å²) in [6.07, 6.45) is 3.77. The lowest BCUT2D eigenvalue weighted by Crippen LogP contribution is -2.28. The molecule has 0 N–H and O–H groups in total. The number of nitrogens with zero attached hydrogens (tertiary/aromatic N) is 2. The Balaban J connectivity index is 0.855. The van der Waals surface area contributed by atoms with E-state index in [1.807, 2.05) is 42.5 Å². The summed E-state index contributed by atoms with van der Waals surface area (Å²) in [6.45, 7) is 8.13. The van der Waals surface area contributed by atoms with Crippen molar-refractivity contribution in [3.8, 4) is 22.3 Å². The van der Waals surface area contributed by atoms with Crippen LogP contribution in [0, 0.1) is 11.6 Å². The fourth-order valence-electron chi connectivity index (χ4n) is 14.4. The normalized spacial score (nSPS) is 15.4. The molecule has 2 aliphatic carbocycles. The molecule has 0 amide bonds. The molecular weight excluding hydrogens is 1070 g/mol. The van der Waals surface area contributed by atoms with E-state index in [-0.39, 0.29) is 11.6 Å². The Morgan fingerprint density at radius 3 is 1.18 bits per heavy atom. The number of anilines is 6. The van der Waals surface area contributed by atoms with Crippen LogP contribution in [0.4, 0.5) is 42.9 Å². The highest BCUT2D eigenvalue weighted by atomic mass is 19.1. The van der Waals surface area contributed by atoms with Gasteiger partial charge >= 0.3 is 0 Å². The molecule has 14 aromatic rings. The highest BCUT2D eigenvalue weighted by Gasteiger charge is 2.48. The van der Waals surface area contributed by atoms with Crippen molar-refractivity contribution in [2.75, 3.05) is 9.80 Å². The van der Waals surface area contributed by atoms with Crippen LogP contribution in [-0.2, 0) is 10.8 Å². The molecule has 5 heteroatoms. The molecule has 1 heterocycles. The standard InChI is InChI=1S/C82H54F2N2O/c1-3-53-23-28-59(29-24-53)81(57-15-7-5-8-16-57)75-21-13-11-19-69(75)71-44-41-67(51-77(71)81)85(63-37-32-61(83)33-38-63)65-36-27-55-49-80-73(48-56(55)47-65)74-50-66(43-46-79(74)87-80)86(64-39-34-62(84)35-40-64)68-42-45-72-70-20-12-14-22-76(70)82(78(72)52-68,58-17-9-6-10-18-58)60-30-25-54(4-2)26-31-60/h3-52H,1-2H2. The molecule has 0 radical (unpaired) electrons. The van der Waals surface area contributed by atoms with E-state index in [1.54, 1.807) is 0 Å². The van der Waals surface area contributed by atoms with Crippen LogP contribution in [0.25, 0.3) is 67.1 Å². The van der Waals surface area contributed by atoms with Crippen LogP contribution in [0.1, 0.15) is 55.6 Å². The largest absolute Gasteiger partial charge is 0.456 e. The topological polar surface area (TPSA) is 19.6 Å². The van der Waals surface area contributed by atoms with E-state index >= 15 is 4.39 Å². The molecule has 2 unspecified atom stereocenters. The van der Waals surface area contributed by atoms with E-state index in [0.717, 1.165) is 122 Å². The average Bonchev–Trinajstić information content (AvgIpc) is 1.59. The number of rotatable bonds is 12. The molecule has 87 heavy (non-hydrogen) atoms. The van der Waals surface area contributed by atoms with Crippen molar-refractivity contribution >= 4 is 79.0 Å². The van der Waals surface area contributed by atoms with Gasteiger partial charge in [-0.1, -0.05) is 201 Å². The minimum absolute atomic E-state index is 0.309. The van der Waals surface area contributed by atoms with E-state index in [4.69, 9.17) is 4.42 Å². The Labute approximate surface area is 503 Å². The van der Waals surface area contributed by atoms with Gasteiger partial charge < -0.3 is 14.2 Å². The van der Waals surface area contributed by atoms with Gasteiger partial charge in [-0.25, -0.2) is 8.78 Å². The van der Waals surface area contributed by atoms with Crippen molar-refractivity contribution < 1.29 is 13.2 Å². The minimum Gasteiger partial charge on any atom is -0.456 e. The lowest BCUT2D eigenvalue weighted by molar-refractivity contribution is 0.627. The summed E-state index contributed by atoms with van der Waals surface area (Å²) in [5, 5.41) is 3.89. The summed E-state index contributed by atoms with van der Waals surface area (Å²) >= 11 is 0. The summed E-state index contributed by atoms with van der Waals surface area (Å²) in [7, 11) is 0.